The maximum atomic E-state index is 12.7. The van der Waals surface area contributed by atoms with Gasteiger partial charge in [-0.3, -0.25) is 9.58 Å². The molecule has 3 aromatic rings. The Bertz CT molecular complexity index is 969. The molecule has 29 heavy (non-hydrogen) atoms. The molecular weight excluding hydrogens is 364 g/mol. The van der Waals surface area contributed by atoms with Crippen LogP contribution in [0.25, 0.3) is 10.9 Å². The molecule has 1 aromatic heterocycles. The van der Waals surface area contributed by atoms with Crippen molar-refractivity contribution in [3.63, 3.8) is 0 Å². The van der Waals surface area contributed by atoms with E-state index in [1.807, 2.05) is 37.4 Å². The van der Waals surface area contributed by atoms with Gasteiger partial charge < -0.3 is 9.64 Å². The molecule has 1 saturated heterocycles. The summed E-state index contributed by atoms with van der Waals surface area (Å²) >= 11 is 0. The molecule has 0 saturated carbocycles. The molecule has 1 unspecified atom stereocenters. The van der Waals surface area contributed by atoms with Crippen molar-refractivity contribution in [3.05, 3.63) is 65.9 Å². The van der Waals surface area contributed by atoms with E-state index in [0.29, 0.717) is 12.3 Å². The lowest BCUT2D eigenvalue weighted by atomic mass is 10.1. The van der Waals surface area contributed by atoms with Crippen LogP contribution in [0.2, 0.25) is 0 Å². The quantitative estimate of drug-likeness (QED) is 0.625. The van der Waals surface area contributed by atoms with E-state index in [1.165, 1.54) is 5.56 Å². The number of para-hydroxylation sites is 1. The summed E-state index contributed by atoms with van der Waals surface area (Å²) in [6, 6.07) is 18.3. The molecule has 2 aromatic carbocycles. The number of nitrogens with zero attached hydrogens (tertiary/aromatic N) is 4. The predicted octanol–water partition coefficient (Wildman–Crippen LogP) is 2.79. The van der Waals surface area contributed by atoms with E-state index in [1.54, 1.807) is 4.68 Å². The van der Waals surface area contributed by atoms with Gasteiger partial charge in [0.2, 0.25) is 0 Å². The summed E-state index contributed by atoms with van der Waals surface area (Å²) in [4.78, 5) is 17.5. The fourth-order valence-corrected chi connectivity index (χ4v) is 4.08. The first kappa shape index (κ1) is 19.6. The normalized spacial score (nSPS) is 18.6. The van der Waals surface area contributed by atoms with Gasteiger partial charge in [-0.2, -0.15) is 5.10 Å². The number of rotatable bonds is 5. The van der Waals surface area contributed by atoms with Crippen molar-refractivity contribution in [1.82, 2.24) is 19.6 Å². The minimum absolute atomic E-state index is 0.269. The highest BCUT2D eigenvalue weighted by Gasteiger charge is 2.24. The first-order valence-corrected chi connectivity index (χ1v) is 10.1. The minimum Gasteiger partial charge on any atom is -0.461 e. The average Bonchev–Trinajstić information content (AvgIpc) is 2.97. The molecule has 1 fully saturated rings. The number of fused-ring (bicyclic) bond motifs is 1. The number of aryl methyl sites for hydroxylation is 1. The van der Waals surface area contributed by atoms with E-state index in [-0.39, 0.29) is 11.9 Å². The molecule has 0 aliphatic carbocycles. The summed E-state index contributed by atoms with van der Waals surface area (Å²) in [7, 11) is 3.98. The van der Waals surface area contributed by atoms with Gasteiger partial charge in [0.25, 0.3) is 0 Å². The first-order valence-electron chi connectivity index (χ1n) is 10.1. The summed E-state index contributed by atoms with van der Waals surface area (Å²) in [5.74, 6) is -0.0755. The van der Waals surface area contributed by atoms with Gasteiger partial charge >= 0.3 is 5.97 Å². The minimum atomic E-state index is -0.344. The Morgan fingerprint density at radius 1 is 1.03 bits per heavy atom. The zero-order valence-electron chi connectivity index (χ0n) is 17.1. The monoisotopic (exact) mass is 392 g/mol. The topological polar surface area (TPSA) is 50.6 Å². The predicted molar refractivity (Wildman–Crippen MR) is 114 cm³/mol. The third-order valence-electron chi connectivity index (χ3n) is 5.53. The Morgan fingerprint density at radius 3 is 2.62 bits per heavy atom. The van der Waals surface area contributed by atoms with Crippen LogP contribution < -0.4 is 0 Å². The lowest BCUT2D eigenvalue weighted by molar-refractivity contribution is 0.0397. The summed E-state index contributed by atoms with van der Waals surface area (Å²) in [6.45, 7) is 5.18. The summed E-state index contributed by atoms with van der Waals surface area (Å²) < 4.78 is 7.45. The molecule has 0 spiro atoms. The second kappa shape index (κ2) is 8.76. The lowest BCUT2D eigenvalue weighted by Crippen LogP contribution is -2.32. The number of hydrogen-bond donors (Lipinski definition) is 0. The lowest BCUT2D eigenvalue weighted by Gasteiger charge is -2.23. The van der Waals surface area contributed by atoms with E-state index < -0.39 is 0 Å². The number of hydrogen-bond acceptors (Lipinski definition) is 5. The number of carbonyl (C=O) groups is 1. The van der Waals surface area contributed by atoms with Crippen molar-refractivity contribution in [1.29, 1.82) is 0 Å². The van der Waals surface area contributed by atoms with Gasteiger partial charge in [0, 0.05) is 51.1 Å². The smallest absolute Gasteiger partial charge is 0.359 e. The number of aromatic nitrogens is 2. The number of esters is 1. The van der Waals surface area contributed by atoms with Gasteiger partial charge in [-0.25, -0.2) is 4.79 Å². The molecule has 0 N–H and O–H groups in total. The highest BCUT2D eigenvalue weighted by Crippen LogP contribution is 2.19. The summed E-state index contributed by atoms with van der Waals surface area (Å²) in [6.07, 6.45) is 0. The van der Waals surface area contributed by atoms with Crippen molar-refractivity contribution in [2.75, 3.05) is 39.8 Å². The average molecular weight is 393 g/mol. The number of likely N-dealkylation sites (N-methyl/N-ethyl adjacent to an activating group) is 1. The SMILES string of the molecule is CN1CCN(Cc2ccccc2)CC(COC(=O)c2nn(C)c3ccccc23)C1. The van der Waals surface area contributed by atoms with E-state index in [0.717, 1.165) is 43.6 Å². The van der Waals surface area contributed by atoms with Crippen molar-refractivity contribution in [3.8, 4) is 0 Å². The Hall–Kier alpha value is -2.70. The second-order valence-electron chi connectivity index (χ2n) is 7.94. The van der Waals surface area contributed by atoms with Crippen molar-refractivity contribution in [2.24, 2.45) is 13.0 Å². The van der Waals surface area contributed by atoms with Crippen LogP contribution in [-0.4, -0.2) is 65.4 Å². The molecule has 1 aliphatic rings. The number of ether oxygens (including phenoxy) is 1. The van der Waals surface area contributed by atoms with Gasteiger partial charge in [-0.15, -0.1) is 0 Å². The van der Waals surface area contributed by atoms with Crippen molar-refractivity contribution < 1.29 is 9.53 Å². The second-order valence-corrected chi connectivity index (χ2v) is 7.94. The highest BCUT2D eigenvalue weighted by atomic mass is 16.5. The number of carbonyl (C=O) groups excluding carboxylic acids is 1. The van der Waals surface area contributed by atoms with Crippen molar-refractivity contribution in [2.45, 2.75) is 6.54 Å². The van der Waals surface area contributed by atoms with Gasteiger partial charge in [-0.1, -0.05) is 48.5 Å². The molecule has 2 heterocycles. The fraction of sp³-hybridized carbons (Fsp3) is 0.391. The van der Waals surface area contributed by atoms with Crippen LogP contribution in [0, 0.1) is 5.92 Å². The first-order chi connectivity index (χ1) is 14.1. The van der Waals surface area contributed by atoms with Gasteiger partial charge in [0.1, 0.15) is 0 Å². The van der Waals surface area contributed by atoms with Crippen molar-refractivity contribution >= 4 is 16.9 Å². The van der Waals surface area contributed by atoms with Gasteiger partial charge in [-0.05, 0) is 18.7 Å². The highest BCUT2D eigenvalue weighted by molar-refractivity contribution is 6.02. The molecular formula is C23H28N4O2. The Kier molecular flexibility index (Phi) is 5.92. The molecule has 1 aliphatic heterocycles. The van der Waals surface area contributed by atoms with E-state index in [2.05, 4.69) is 46.2 Å². The third kappa shape index (κ3) is 4.66. The van der Waals surface area contributed by atoms with Crippen LogP contribution in [-0.2, 0) is 18.3 Å². The van der Waals surface area contributed by atoms with E-state index in [9.17, 15) is 4.79 Å². The van der Waals surface area contributed by atoms with Crippen LogP contribution in [0.3, 0.4) is 0 Å². The summed E-state index contributed by atoms with van der Waals surface area (Å²) in [5, 5.41) is 5.22. The molecule has 0 bridgehead atoms. The van der Waals surface area contributed by atoms with Crippen LogP contribution in [0.5, 0.6) is 0 Å². The van der Waals surface area contributed by atoms with E-state index in [4.69, 9.17) is 4.74 Å². The zero-order valence-corrected chi connectivity index (χ0v) is 17.1. The fourth-order valence-electron chi connectivity index (χ4n) is 4.08. The van der Waals surface area contributed by atoms with Crippen LogP contribution >= 0.6 is 0 Å². The maximum Gasteiger partial charge on any atom is 0.359 e. The number of benzene rings is 2. The largest absolute Gasteiger partial charge is 0.461 e. The van der Waals surface area contributed by atoms with E-state index >= 15 is 0 Å². The summed E-state index contributed by atoms with van der Waals surface area (Å²) in [5.41, 5.74) is 2.64. The molecule has 6 nitrogen and oxygen atoms in total. The molecule has 4 rings (SSSR count). The molecule has 1 atom stereocenters. The Balaban J connectivity index is 1.41. The van der Waals surface area contributed by atoms with Crippen LogP contribution in [0.15, 0.2) is 54.6 Å². The Morgan fingerprint density at radius 2 is 1.79 bits per heavy atom. The standard InChI is InChI=1S/C23H28N4O2/c1-25-12-13-27(15-18-8-4-3-5-9-18)16-19(14-25)17-29-23(28)22-20-10-6-7-11-21(20)26(2)24-22/h3-11,19H,12-17H2,1-2H3. The van der Waals surface area contributed by atoms with Gasteiger partial charge in [0.05, 0.1) is 12.1 Å². The molecule has 0 radical (unpaired) electrons. The maximum absolute atomic E-state index is 12.7. The van der Waals surface area contributed by atoms with Crippen LogP contribution in [0.1, 0.15) is 16.1 Å². The van der Waals surface area contributed by atoms with Crippen LogP contribution in [0.4, 0.5) is 0 Å². The third-order valence-corrected chi connectivity index (χ3v) is 5.53. The Labute approximate surface area is 171 Å². The van der Waals surface area contributed by atoms with Gasteiger partial charge in [0.15, 0.2) is 5.69 Å². The zero-order chi connectivity index (χ0) is 20.2. The molecule has 6 heteroatoms. The molecule has 152 valence electrons. The molecule has 0 amide bonds.